The van der Waals surface area contributed by atoms with Crippen molar-refractivity contribution in [1.82, 2.24) is 5.01 Å². The van der Waals surface area contributed by atoms with E-state index in [9.17, 15) is 14.7 Å². The van der Waals surface area contributed by atoms with Crippen LogP contribution in [0.25, 0.3) is 22.5 Å². The Hall–Kier alpha value is -3.65. The molecule has 1 N–H and O–H groups in total. The van der Waals surface area contributed by atoms with E-state index in [1.165, 1.54) is 6.92 Å². The van der Waals surface area contributed by atoms with Gasteiger partial charge in [-0.05, 0) is 50.2 Å². The summed E-state index contributed by atoms with van der Waals surface area (Å²) in [4.78, 5) is 26.3. The van der Waals surface area contributed by atoms with E-state index >= 15 is 0 Å². The van der Waals surface area contributed by atoms with Crippen LogP contribution in [0.15, 0.2) is 67.1 Å². The second kappa shape index (κ2) is 7.49. The highest BCUT2D eigenvalue weighted by atomic mass is 32.2. The van der Waals surface area contributed by atoms with Crippen LogP contribution in [0.5, 0.6) is 5.75 Å². The predicted octanol–water partition coefficient (Wildman–Crippen LogP) is 4.93. The first kappa shape index (κ1) is 20.3. The lowest BCUT2D eigenvalue weighted by molar-refractivity contribution is 0.0785. The third-order valence-electron chi connectivity index (χ3n) is 5.68. The van der Waals surface area contributed by atoms with E-state index in [1.54, 1.807) is 55.0 Å². The average molecular weight is 449 g/mol. The monoisotopic (exact) mass is 448 g/mol. The van der Waals surface area contributed by atoms with E-state index in [-0.39, 0.29) is 23.0 Å². The Morgan fingerprint density at radius 2 is 1.88 bits per heavy atom. The minimum atomic E-state index is -0.621. The lowest BCUT2D eigenvalue weighted by atomic mass is 10.1. The van der Waals surface area contributed by atoms with Gasteiger partial charge in [0.05, 0.1) is 17.1 Å². The fraction of sp³-hybridized carbons (Fsp3) is 0.167. The SMILES string of the molecule is Cc1c(-c2cc3cc(C(=O)N(C)N4CSc5ccccc54)ccc3o2)oc(=O)c(C)c1O. The van der Waals surface area contributed by atoms with Crippen molar-refractivity contribution in [3.63, 3.8) is 0 Å². The number of para-hydroxylation sites is 1. The number of carbonyl (C=O) groups is 1. The molecule has 0 unspecified atom stereocenters. The van der Waals surface area contributed by atoms with Gasteiger partial charge in [-0.25, -0.2) is 4.79 Å². The standard InChI is InChI=1S/C24H20N2O5S/c1-13-21(27)14(2)24(29)31-22(13)19-11-16-10-15(8-9-18(16)30-19)23(28)25(3)26-12-32-20-7-5-4-6-17(20)26/h4-11,27H,12H2,1-3H3. The topological polar surface area (TPSA) is 87.1 Å². The van der Waals surface area contributed by atoms with E-state index < -0.39 is 5.63 Å². The molecule has 2 aromatic heterocycles. The first-order valence-corrected chi connectivity index (χ1v) is 11.0. The Bertz CT molecular complexity index is 1440. The molecule has 8 heteroatoms. The van der Waals surface area contributed by atoms with Crippen molar-refractivity contribution < 1.29 is 18.7 Å². The van der Waals surface area contributed by atoms with Gasteiger partial charge in [0.25, 0.3) is 5.91 Å². The lowest BCUT2D eigenvalue weighted by Gasteiger charge is -2.29. The number of hydrogen-bond acceptors (Lipinski definition) is 7. The number of nitrogens with zero attached hydrogens (tertiary/aromatic N) is 2. The van der Waals surface area contributed by atoms with E-state index in [1.807, 2.05) is 29.3 Å². The zero-order valence-electron chi connectivity index (χ0n) is 17.7. The van der Waals surface area contributed by atoms with E-state index in [2.05, 4.69) is 0 Å². The Balaban J connectivity index is 1.49. The molecule has 32 heavy (non-hydrogen) atoms. The summed E-state index contributed by atoms with van der Waals surface area (Å²) >= 11 is 1.69. The number of hydrogen-bond donors (Lipinski definition) is 1. The van der Waals surface area contributed by atoms with Gasteiger partial charge in [-0.15, -0.1) is 11.8 Å². The van der Waals surface area contributed by atoms with Crippen LogP contribution in [-0.2, 0) is 0 Å². The maximum absolute atomic E-state index is 13.2. The molecule has 0 fully saturated rings. The van der Waals surface area contributed by atoms with Gasteiger partial charge in [0, 0.05) is 28.5 Å². The largest absolute Gasteiger partial charge is 0.507 e. The van der Waals surface area contributed by atoms with Crippen LogP contribution in [0.4, 0.5) is 5.69 Å². The Kier molecular flexibility index (Phi) is 4.74. The molecular formula is C24H20N2O5S. The second-order valence-electron chi connectivity index (χ2n) is 7.65. The first-order valence-electron chi connectivity index (χ1n) is 9.99. The van der Waals surface area contributed by atoms with Crippen LogP contribution < -0.4 is 10.6 Å². The molecule has 0 aliphatic carbocycles. The highest BCUT2D eigenvalue weighted by Gasteiger charge is 2.27. The Morgan fingerprint density at radius 1 is 1.09 bits per heavy atom. The number of hydrazine groups is 1. The van der Waals surface area contributed by atoms with Crippen molar-refractivity contribution in [3.05, 3.63) is 75.6 Å². The molecule has 0 radical (unpaired) electrons. The number of rotatable bonds is 3. The molecule has 1 aliphatic rings. The maximum atomic E-state index is 13.2. The third kappa shape index (κ3) is 3.15. The highest BCUT2D eigenvalue weighted by molar-refractivity contribution is 7.99. The predicted molar refractivity (Wildman–Crippen MR) is 123 cm³/mol. The molecule has 1 amide bonds. The molecule has 1 aliphatic heterocycles. The van der Waals surface area contributed by atoms with Crippen LogP contribution >= 0.6 is 11.8 Å². The van der Waals surface area contributed by atoms with E-state index in [0.717, 1.165) is 10.6 Å². The fourth-order valence-corrected chi connectivity index (χ4v) is 4.86. The Labute approximate surface area is 187 Å². The molecule has 0 bridgehead atoms. The first-order chi connectivity index (χ1) is 15.3. The van der Waals surface area contributed by atoms with Gasteiger partial charge in [0.15, 0.2) is 11.5 Å². The van der Waals surface area contributed by atoms with Crippen LogP contribution in [0.2, 0.25) is 0 Å². The van der Waals surface area contributed by atoms with Crippen molar-refractivity contribution in [2.45, 2.75) is 18.7 Å². The van der Waals surface area contributed by atoms with E-state index in [0.29, 0.717) is 33.7 Å². The smallest absolute Gasteiger partial charge is 0.343 e. The minimum Gasteiger partial charge on any atom is -0.507 e. The van der Waals surface area contributed by atoms with Gasteiger partial charge >= 0.3 is 5.63 Å². The molecule has 3 heterocycles. The van der Waals surface area contributed by atoms with Crippen LogP contribution in [-0.4, -0.2) is 28.9 Å². The number of aromatic hydroxyl groups is 1. The molecule has 5 rings (SSSR count). The fourth-order valence-electron chi connectivity index (χ4n) is 3.79. The van der Waals surface area contributed by atoms with Gasteiger partial charge in [-0.2, -0.15) is 0 Å². The highest BCUT2D eigenvalue weighted by Crippen LogP contribution is 2.39. The molecule has 162 valence electrons. The molecule has 4 aromatic rings. The molecule has 0 atom stereocenters. The zero-order chi connectivity index (χ0) is 22.6. The lowest BCUT2D eigenvalue weighted by Crippen LogP contribution is -2.42. The summed E-state index contributed by atoms with van der Waals surface area (Å²) in [5, 5.41) is 14.4. The summed E-state index contributed by atoms with van der Waals surface area (Å²) in [6.07, 6.45) is 0. The molecule has 0 spiro atoms. The maximum Gasteiger partial charge on any atom is 0.343 e. The molecule has 0 saturated heterocycles. The number of thioether (sulfide) groups is 1. The van der Waals surface area contributed by atoms with Gasteiger partial charge in [-0.1, -0.05) is 12.1 Å². The number of fused-ring (bicyclic) bond motifs is 2. The van der Waals surface area contributed by atoms with Gasteiger partial charge in [0.2, 0.25) is 0 Å². The van der Waals surface area contributed by atoms with Gasteiger partial charge in [-0.3, -0.25) is 14.8 Å². The molecular weight excluding hydrogens is 428 g/mol. The van der Waals surface area contributed by atoms with E-state index in [4.69, 9.17) is 8.83 Å². The average Bonchev–Trinajstić information content (AvgIpc) is 3.42. The summed E-state index contributed by atoms with van der Waals surface area (Å²) in [6, 6.07) is 14.9. The third-order valence-corrected chi connectivity index (χ3v) is 6.71. The quantitative estimate of drug-likeness (QED) is 0.475. The Morgan fingerprint density at radius 3 is 2.69 bits per heavy atom. The summed E-state index contributed by atoms with van der Waals surface area (Å²) in [5.41, 5.74) is 2.01. The van der Waals surface area contributed by atoms with Crippen LogP contribution in [0.3, 0.4) is 0 Å². The van der Waals surface area contributed by atoms with Crippen molar-refractivity contribution in [1.29, 1.82) is 0 Å². The van der Waals surface area contributed by atoms with Crippen LogP contribution in [0, 0.1) is 13.8 Å². The minimum absolute atomic E-state index is 0.113. The van der Waals surface area contributed by atoms with Crippen molar-refractivity contribution in [2.24, 2.45) is 0 Å². The molecule has 7 nitrogen and oxygen atoms in total. The van der Waals surface area contributed by atoms with Gasteiger partial charge < -0.3 is 13.9 Å². The van der Waals surface area contributed by atoms with Crippen molar-refractivity contribution in [3.8, 4) is 17.3 Å². The van der Waals surface area contributed by atoms with Crippen molar-refractivity contribution in [2.75, 3.05) is 17.9 Å². The zero-order valence-corrected chi connectivity index (χ0v) is 18.5. The molecule has 0 saturated carbocycles. The van der Waals surface area contributed by atoms with Gasteiger partial charge in [0.1, 0.15) is 11.3 Å². The number of anilines is 1. The second-order valence-corrected chi connectivity index (χ2v) is 8.64. The summed E-state index contributed by atoms with van der Waals surface area (Å²) < 4.78 is 11.2. The summed E-state index contributed by atoms with van der Waals surface area (Å²) in [6.45, 7) is 3.16. The summed E-state index contributed by atoms with van der Waals surface area (Å²) in [5.74, 6) is 0.882. The summed E-state index contributed by atoms with van der Waals surface area (Å²) in [7, 11) is 1.75. The molecule has 2 aromatic carbocycles. The number of carbonyl (C=O) groups excluding carboxylic acids is 1. The van der Waals surface area contributed by atoms with Crippen molar-refractivity contribution >= 4 is 34.3 Å². The number of benzene rings is 2. The normalized spacial score (nSPS) is 12.9. The number of furan rings is 1. The van der Waals surface area contributed by atoms with Crippen LogP contribution in [0.1, 0.15) is 21.5 Å². The number of amides is 1.